The third-order valence-electron chi connectivity index (χ3n) is 4.03. The second-order valence-electron chi connectivity index (χ2n) is 6.32. The van der Waals surface area contributed by atoms with E-state index >= 15 is 0 Å². The molecular weight excluding hydrogens is 254 g/mol. The number of esters is 1. The lowest BCUT2D eigenvalue weighted by atomic mass is 9.86. The van der Waals surface area contributed by atoms with Crippen LogP contribution in [-0.4, -0.2) is 25.0 Å². The van der Waals surface area contributed by atoms with Gasteiger partial charge in [-0.15, -0.1) is 0 Å². The number of carbonyl (C=O) groups excluding carboxylic acids is 2. The predicted octanol–water partition coefficient (Wildman–Crippen LogP) is 3.05. The molecule has 20 heavy (non-hydrogen) atoms. The van der Waals surface area contributed by atoms with Crippen molar-refractivity contribution in [3.05, 3.63) is 0 Å². The van der Waals surface area contributed by atoms with Gasteiger partial charge >= 0.3 is 5.97 Å². The SMILES string of the molecule is COC(=O)[C@@H](CC(C)C)NC(=O)CCC1CCCCC1. The minimum atomic E-state index is -0.501. The molecule has 0 saturated heterocycles. The number of hydrogen-bond donors (Lipinski definition) is 1. The molecule has 0 spiro atoms. The number of hydrogen-bond acceptors (Lipinski definition) is 3. The molecule has 4 nitrogen and oxygen atoms in total. The van der Waals surface area contributed by atoms with E-state index in [1.165, 1.54) is 39.2 Å². The molecule has 1 rings (SSSR count). The van der Waals surface area contributed by atoms with E-state index in [0.717, 1.165) is 6.42 Å². The van der Waals surface area contributed by atoms with Crippen molar-refractivity contribution in [1.82, 2.24) is 5.32 Å². The minimum Gasteiger partial charge on any atom is -0.467 e. The van der Waals surface area contributed by atoms with E-state index in [4.69, 9.17) is 4.74 Å². The Kier molecular flexibility index (Phi) is 7.63. The average Bonchev–Trinajstić information content (AvgIpc) is 2.44. The van der Waals surface area contributed by atoms with E-state index in [0.29, 0.717) is 24.7 Å². The molecule has 0 aromatic rings. The van der Waals surface area contributed by atoms with Gasteiger partial charge in [0, 0.05) is 6.42 Å². The summed E-state index contributed by atoms with van der Waals surface area (Å²) in [5, 5.41) is 2.83. The fraction of sp³-hybridized carbons (Fsp3) is 0.875. The Hall–Kier alpha value is -1.06. The van der Waals surface area contributed by atoms with Crippen molar-refractivity contribution in [2.24, 2.45) is 11.8 Å². The Bertz CT molecular complexity index is 309. The van der Waals surface area contributed by atoms with Gasteiger partial charge in [-0.1, -0.05) is 46.0 Å². The number of methoxy groups -OCH3 is 1. The van der Waals surface area contributed by atoms with Gasteiger partial charge in [0.2, 0.25) is 5.91 Å². The highest BCUT2D eigenvalue weighted by Gasteiger charge is 2.23. The number of nitrogens with one attached hydrogen (secondary N) is 1. The van der Waals surface area contributed by atoms with Crippen molar-refractivity contribution < 1.29 is 14.3 Å². The van der Waals surface area contributed by atoms with Crippen LogP contribution < -0.4 is 5.32 Å². The average molecular weight is 283 g/mol. The molecule has 0 aromatic carbocycles. The maximum Gasteiger partial charge on any atom is 0.328 e. The summed E-state index contributed by atoms with van der Waals surface area (Å²) in [4.78, 5) is 23.6. The molecule has 1 amide bonds. The molecule has 116 valence electrons. The summed E-state index contributed by atoms with van der Waals surface area (Å²) in [5.41, 5.74) is 0. The van der Waals surface area contributed by atoms with Crippen LogP contribution in [0.3, 0.4) is 0 Å². The first-order chi connectivity index (χ1) is 9.52. The Morgan fingerprint density at radius 3 is 2.40 bits per heavy atom. The van der Waals surface area contributed by atoms with Crippen LogP contribution in [-0.2, 0) is 14.3 Å². The van der Waals surface area contributed by atoms with E-state index in [-0.39, 0.29) is 11.9 Å². The monoisotopic (exact) mass is 283 g/mol. The van der Waals surface area contributed by atoms with Crippen molar-refractivity contribution in [3.8, 4) is 0 Å². The van der Waals surface area contributed by atoms with Gasteiger partial charge in [-0.2, -0.15) is 0 Å². The van der Waals surface area contributed by atoms with Crippen LogP contribution in [0.1, 0.15) is 65.2 Å². The molecule has 1 N–H and O–H groups in total. The van der Waals surface area contributed by atoms with E-state index in [1.54, 1.807) is 0 Å². The van der Waals surface area contributed by atoms with E-state index in [2.05, 4.69) is 5.32 Å². The smallest absolute Gasteiger partial charge is 0.328 e. The molecule has 4 heteroatoms. The summed E-state index contributed by atoms with van der Waals surface area (Å²) < 4.78 is 4.75. The van der Waals surface area contributed by atoms with Crippen LogP contribution in [0.2, 0.25) is 0 Å². The Labute approximate surface area is 122 Å². The van der Waals surface area contributed by atoms with Crippen LogP contribution in [0.5, 0.6) is 0 Å². The highest BCUT2D eigenvalue weighted by atomic mass is 16.5. The maximum absolute atomic E-state index is 12.0. The molecule has 1 fully saturated rings. The number of amides is 1. The summed E-state index contributed by atoms with van der Waals surface area (Å²) >= 11 is 0. The Morgan fingerprint density at radius 2 is 1.85 bits per heavy atom. The zero-order valence-corrected chi connectivity index (χ0v) is 13.1. The first kappa shape index (κ1) is 17.0. The van der Waals surface area contributed by atoms with Crippen LogP contribution in [0, 0.1) is 11.8 Å². The molecule has 0 radical (unpaired) electrons. The highest BCUT2D eigenvalue weighted by Crippen LogP contribution is 2.27. The summed E-state index contributed by atoms with van der Waals surface area (Å²) in [6, 6.07) is -0.501. The van der Waals surface area contributed by atoms with Gasteiger partial charge < -0.3 is 10.1 Å². The lowest BCUT2D eigenvalue weighted by molar-refractivity contribution is -0.145. The highest BCUT2D eigenvalue weighted by molar-refractivity contribution is 5.84. The molecule has 0 unspecified atom stereocenters. The number of rotatable bonds is 7. The fourth-order valence-corrected chi connectivity index (χ4v) is 2.91. The van der Waals surface area contributed by atoms with Crippen molar-refractivity contribution in [2.45, 2.75) is 71.3 Å². The van der Waals surface area contributed by atoms with E-state index < -0.39 is 6.04 Å². The number of carbonyl (C=O) groups is 2. The number of ether oxygens (including phenoxy) is 1. The standard InChI is InChI=1S/C16H29NO3/c1-12(2)11-14(16(19)20-3)17-15(18)10-9-13-7-5-4-6-8-13/h12-14H,4-11H2,1-3H3,(H,17,18)/t14-/m1/s1. The molecule has 1 aliphatic rings. The zero-order chi connectivity index (χ0) is 15.0. The van der Waals surface area contributed by atoms with Crippen LogP contribution >= 0.6 is 0 Å². The summed E-state index contributed by atoms with van der Waals surface area (Å²) in [5.74, 6) is 0.672. The van der Waals surface area contributed by atoms with E-state index in [1.807, 2.05) is 13.8 Å². The third-order valence-corrected chi connectivity index (χ3v) is 4.03. The van der Waals surface area contributed by atoms with Crippen molar-refractivity contribution in [2.75, 3.05) is 7.11 Å². The largest absolute Gasteiger partial charge is 0.467 e. The normalized spacial score (nSPS) is 17.8. The molecule has 1 atom stereocenters. The van der Waals surface area contributed by atoms with Gasteiger partial charge in [0.15, 0.2) is 0 Å². The van der Waals surface area contributed by atoms with Crippen molar-refractivity contribution in [3.63, 3.8) is 0 Å². The summed E-state index contributed by atoms with van der Waals surface area (Å²) in [7, 11) is 1.36. The molecule has 1 aliphatic carbocycles. The molecule has 0 aromatic heterocycles. The molecular formula is C16H29NO3. The first-order valence-electron chi connectivity index (χ1n) is 7.90. The molecule has 0 bridgehead atoms. The van der Waals surface area contributed by atoms with Gasteiger partial charge in [-0.3, -0.25) is 4.79 Å². The zero-order valence-electron chi connectivity index (χ0n) is 13.1. The van der Waals surface area contributed by atoms with Crippen molar-refractivity contribution >= 4 is 11.9 Å². The summed E-state index contributed by atoms with van der Waals surface area (Å²) in [6.07, 6.45) is 8.52. The maximum atomic E-state index is 12.0. The summed E-state index contributed by atoms with van der Waals surface area (Å²) in [6.45, 7) is 4.06. The van der Waals surface area contributed by atoms with Crippen LogP contribution in [0.4, 0.5) is 0 Å². The Balaban J connectivity index is 2.34. The molecule has 1 saturated carbocycles. The third kappa shape index (κ3) is 6.40. The van der Waals surface area contributed by atoms with Gasteiger partial charge in [0.25, 0.3) is 0 Å². The Morgan fingerprint density at radius 1 is 1.20 bits per heavy atom. The van der Waals surface area contributed by atoms with Crippen LogP contribution in [0.15, 0.2) is 0 Å². The lowest BCUT2D eigenvalue weighted by Crippen LogP contribution is -2.42. The lowest BCUT2D eigenvalue weighted by Gasteiger charge is -2.22. The predicted molar refractivity (Wildman–Crippen MR) is 79.2 cm³/mol. The van der Waals surface area contributed by atoms with E-state index in [9.17, 15) is 9.59 Å². The second-order valence-corrected chi connectivity index (χ2v) is 6.32. The van der Waals surface area contributed by atoms with Gasteiger partial charge in [0.1, 0.15) is 6.04 Å². The molecule has 0 heterocycles. The second kappa shape index (κ2) is 8.98. The molecule has 0 aliphatic heterocycles. The quantitative estimate of drug-likeness (QED) is 0.731. The van der Waals surface area contributed by atoms with Gasteiger partial charge in [-0.25, -0.2) is 4.79 Å². The first-order valence-corrected chi connectivity index (χ1v) is 7.90. The van der Waals surface area contributed by atoms with Crippen LogP contribution in [0.25, 0.3) is 0 Å². The minimum absolute atomic E-state index is 0.0216. The fourth-order valence-electron chi connectivity index (χ4n) is 2.91. The van der Waals surface area contributed by atoms with Gasteiger partial charge in [0.05, 0.1) is 7.11 Å². The van der Waals surface area contributed by atoms with Gasteiger partial charge in [-0.05, 0) is 24.7 Å². The van der Waals surface area contributed by atoms with Crippen molar-refractivity contribution in [1.29, 1.82) is 0 Å². The topological polar surface area (TPSA) is 55.4 Å².